The number of halogens is 1. The molecule has 0 fully saturated rings. The first kappa shape index (κ1) is 13.0. The predicted molar refractivity (Wildman–Crippen MR) is 73.9 cm³/mol. The minimum Gasteiger partial charge on any atom is -0.305 e. The number of hydrogen-bond donors (Lipinski definition) is 1. The van der Waals surface area contributed by atoms with Gasteiger partial charge in [-0.15, -0.1) is 11.3 Å². The summed E-state index contributed by atoms with van der Waals surface area (Å²) in [5.41, 5.74) is -0.219. The molecular weight excluding hydrogens is 318 g/mol. The van der Waals surface area contributed by atoms with Gasteiger partial charge in [0.25, 0.3) is 5.56 Å². The number of aryl methyl sites for hydroxylation is 1. The van der Waals surface area contributed by atoms with Crippen LogP contribution in [0.1, 0.15) is 4.88 Å². The summed E-state index contributed by atoms with van der Waals surface area (Å²) in [6.07, 6.45) is 3.26. The second kappa shape index (κ2) is 5.45. The molecule has 1 amide bonds. The topological polar surface area (TPSA) is 64.0 Å². The number of amides is 1. The summed E-state index contributed by atoms with van der Waals surface area (Å²) in [4.78, 5) is 28.3. The van der Waals surface area contributed by atoms with E-state index in [-0.39, 0.29) is 18.0 Å². The Balaban J connectivity index is 2.07. The molecule has 1 N–H and O–H groups in total. The Hall–Kier alpha value is -1.47. The molecule has 2 rings (SSSR count). The van der Waals surface area contributed by atoms with Crippen molar-refractivity contribution >= 4 is 38.3 Å². The van der Waals surface area contributed by atoms with Gasteiger partial charge in [0, 0.05) is 27.8 Å². The Labute approximate surface area is 116 Å². The van der Waals surface area contributed by atoms with Crippen molar-refractivity contribution in [3.63, 3.8) is 0 Å². The van der Waals surface area contributed by atoms with Gasteiger partial charge in [0.1, 0.15) is 6.54 Å². The summed E-state index contributed by atoms with van der Waals surface area (Å²) in [5.74, 6) is -0.274. The maximum Gasteiger partial charge on any atom is 0.251 e. The van der Waals surface area contributed by atoms with Gasteiger partial charge in [-0.3, -0.25) is 9.59 Å². The van der Waals surface area contributed by atoms with Crippen molar-refractivity contribution in [3.05, 3.63) is 44.2 Å². The molecule has 0 aliphatic carbocycles. The van der Waals surface area contributed by atoms with Crippen LogP contribution in [0.25, 0.3) is 0 Å². The second-order valence-corrected chi connectivity index (χ2v) is 5.79. The highest BCUT2D eigenvalue weighted by atomic mass is 79.9. The molecule has 0 aromatic carbocycles. The number of nitrogens with one attached hydrogen (secondary N) is 1. The number of hydrogen-bond acceptors (Lipinski definition) is 4. The number of aromatic nitrogens is 2. The van der Waals surface area contributed by atoms with Crippen molar-refractivity contribution in [2.45, 2.75) is 13.5 Å². The first-order valence-corrected chi connectivity index (χ1v) is 6.74. The molecule has 18 heavy (non-hydrogen) atoms. The molecule has 0 aliphatic rings. The maximum absolute atomic E-state index is 11.7. The number of carbonyl (C=O) groups excluding carboxylic acids is 1. The van der Waals surface area contributed by atoms with Gasteiger partial charge < -0.3 is 9.88 Å². The van der Waals surface area contributed by atoms with Crippen LogP contribution in [0.15, 0.2) is 33.8 Å². The van der Waals surface area contributed by atoms with Crippen LogP contribution in [-0.4, -0.2) is 15.5 Å². The van der Waals surface area contributed by atoms with Crippen LogP contribution >= 0.6 is 27.3 Å². The summed E-state index contributed by atoms with van der Waals surface area (Å²) in [6, 6.07) is 3.05. The molecule has 5 nitrogen and oxygen atoms in total. The zero-order chi connectivity index (χ0) is 13.1. The van der Waals surface area contributed by atoms with Crippen molar-refractivity contribution in [1.82, 2.24) is 9.55 Å². The predicted octanol–water partition coefficient (Wildman–Crippen LogP) is 2.01. The van der Waals surface area contributed by atoms with Crippen LogP contribution in [-0.2, 0) is 11.3 Å². The zero-order valence-electron chi connectivity index (χ0n) is 9.51. The average molecular weight is 328 g/mol. The van der Waals surface area contributed by atoms with E-state index in [9.17, 15) is 9.59 Å². The maximum atomic E-state index is 11.7. The van der Waals surface area contributed by atoms with Crippen LogP contribution in [0.3, 0.4) is 0 Å². The lowest BCUT2D eigenvalue weighted by Gasteiger charge is -2.05. The number of carbonyl (C=O) groups is 1. The first-order chi connectivity index (χ1) is 8.54. The molecule has 7 heteroatoms. The quantitative estimate of drug-likeness (QED) is 0.937. The number of thiazole rings is 1. The Morgan fingerprint density at radius 2 is 2.33 bits per heavy atom. The third-order valence-corrected chi connectivity index (χ3v) is 3.43. The molecule has 94 valence electrons. The van der Waals surface area contributed by atoms with Crippen molar-refractivity contribution in [3.8, 4) is 0 Å². The van der Waals surface area contributed by atoms with Gasteiger partial charge in [-0.2, -0.15) is 0 Å². The SMILES string of the molecule is Cc1cnc(NC(=O)Cn2cc(Br)ccc2=O)s1. The van der Waals surface area contributed by atoms with Gasteiger partial charge in [-0.05, 0) is 28.9 Å². The van der Waals surface area contributed by atoms with E-state index in [0.717, 1.165) is 9.35 Å². The molecule has 2 aromatic rings. The molecule has 0 aliphatic heterocycles. The first-order valence-electron chi connectivity index (χ1n) is 5.13. The van der Waals surface area contributed by atoms with E-state index in [2.05, 4.69) is 26.2 Å². The van der Waals surface area contributed by atoms with Crippen LogP contribution in [0.4, 0.5) is 5.13 Å². The molecule has 0 atom stereocenters. The van der Waals surface area contributed by atoms with Gasteiger partial charge in [-0.1, -0.05) is 0 Å². The number of anilines is 1. The van der Waals surface area contributed by atoms with E-state index in [1.165, 1.54) is 22.0 Å². The van der Waals surface area contributed by atoms with E-state index in [1.54, 1.807) is 18.5 Å². The van der Waals surface area contributed by atoms with E-state index in [0.29, 0.717) is 5.13 Å². The Morgan fingerprint density at radius 3 is 3.00 bits per heavy atom. The standard InChI is InChI=1S/C11H10BrN3O2S/c1-7-4-13-11(18-7)14-9(16)6-15-5-8(12)2-3-10(15)17/h2-5H,6H2,1H3,(H,13,14,16). The largest absolute Gasteiger partial charge is 0.305 e. The van der Waals surface area contributed by atoms with Crippen LogP contribution in [0.2, 0.25) is 0 Å². The monoisotopic (exact) mass is 327 g/mol. The van der Waals surface area contributed by atoms with Gasteiger partial charge in [0.05, 0.1) is 0 Å². The summed E-state index contributed by atoms with van der Waals surface area (Å²) in [5, 5.41) is 3.19. The van der Waals surface area contributed by atoms with E-state index in [4.69, 9.17) is 0 Å². The number of pyridine rings is 1. The van der Waals surface area contributed by atoms with E-state index < -0.39 is 0 Å². The highest BCUT2D eigenvalue weighted by Gasteiger charge is 2.07. The van der Waals surface area contributed by atoms with Gasteiger partial charge in [0.15, 0.2) is 5.13 Å². The number of rotatable bonds is 3. The van der Waals surface area contributed by atoms with Crippen LogP contribution in [0.5, 0.6) is 0 Å². The van der Waals surface area contributed by atoms with Gasteiger partial charge >= 0.3 is 0 Å². The zero-order valence-corrected chi connectivity index (χ0v) is 11.9. The summed E-state index contributed by atoms with van der Waals surface area (Å²) in [6.45, 7) is 1.88. The van der Waals surface area contributed by atoms with Crippen molar-refractivity contribution in [2.24, 2.45) is 0 Å². The van der Waals surface area contributed by atoms with Crippen LogP contribution < -0.4 is 10.9 Å². The molecule has 0 unspecified atom stereocenters. The highest BCUT2D eigenvalue weighted by molar-refractivity contribution is 9.10. The molecule has 0 saturated heterocycles. The van der Waals surface area contributed by atoms with E-state index >= 15 is 0 Å². The smallest absolute Gasteiger partial charge is 0.251 e. The Kier molecular flexibility index (Phi) is 3.93. The molecular formula is C11H10BrN3O2S. The Bertz CT molecular complexity index is 635. The fourth-order valence-corrected chi connectivity index (χ4v) is 2.41. The lowest BCUT2D eigenvalue weighted by atomic mass is 10.4. The molecule has 0 spiro atoms. The van der Waals surface area contributed by atoms with Crippen molar-refractivity contribution in [1.29, 1.82) is 0 Å². The summed E-state index contributed by atoms with van der Waals surface area (Å²) >= 11 is 4.65. The second-order valence-electron chi connectivity index (χ2n) is 3.64. The third kappa shape index (κ3) is 3.27. The summed E-state index contributed by atoms with van der Waals surface area (Å²) in [7, 11) is 0. The minimum absolute atomic E-state index is 0.0309. The normalized spacial score (nSPS) is 10.3. The minimum atomic E-state index is -0.274. The molecule has 2 aromatic heterocycles. The fourth-order valence-electron chi connectivity index (χ4n) is 1.35. The fraction of sp³-hybridized carbons (Fsp3) is 0.182. The summed E-state index contributed by atoms with van der Waals surface area (Å²) < 4.78 is 2.08. The van der Waals surface area contributed by atoms with Crippen LogP contribution in [0, 0.1) is 6.92 Å². The number of nitrogens with zero attached hydrogens (tertiary/aromatic N) is 2. The molecule has 0 bridgehead atoms. The van der Waals surface area contributed by atoms with Gasteiger partial charge in [0.2, 0.25) is 5.91 Å². The molecule has 0 radical (unpaired) electrons. The van der Waals surface area contributed by atoms with Gasteiger partial charge in [-0.25, -0.2) is 4.98 Å². The third-order valence-electron chi connectivity index (χ3n) is 2.13. The van der Waals surface area contributed by atoms with Crippen molar-refractivity contribution in [2.75, 3.05) is 5.32 Å². The average Bonchev–Trinajstić information content (AvgIpc) is 2.69. The highest BCUT2D eigenvalue weighted by Crippen LogP contribution is 2.16. The molecule has 2 heterocycles. The molecule has 0 saturated carbocycles. The van der Waals surface area contributed by atoms with Crippen molar-refractivity contribution < 1.29 is 4.79 Å². The Morgan fingerprint density at radius 1 is 1.56 bits per heavy atom. The lowest BCUT2D eigenvalue weighted by Crippen LogP contribution is -2.26. The van der Waals surface area contributed by atoms with E-state index in [1.807, 2.05) is 6.92 Å². The lowest BCUT2D eigenvalue weighted by molar-refractivity contribution is -0.116.